The zero-order valence-electron chi connectivity index (χ0n) is 11.3. The standard InChI is InChI=1S/C15H19F2NO2/c16-15(17)6-9-18(10-7-15)8-5-12-1-3-13(4-2-12)11-14(19)20/h1-4H,5-11H2,(H,19,20). The maximum absolute atomic E-state index is 13.0. The van der Waals surface area contributed by atoms with Crippen molar-refractivity contribution in [1.29, 1.82) is 0 Å². The van der Waals surface area contributed by atoms with Crippen LogP contribution in [-0.2, 0) is 17.6 Å². The fourth-order valence-corrected chi connectivity index (χ4v) is 2.39. The highest BCUT2D eigenvalue weighted by Crippen LogP contribution is 2.27. The van der Waals surface area contributed by atoms with Crippen LogP contribution in [0.25, 0.3) is 0 Å². The molecule has 0 amide bonds. The van der Waals surface area contributed by atoms with Gasteiger partial charge in [0.15, 0.2) is 0 Å². The van der Waals surface area contributed by atoms with Gasteiger partial charge in [-0.25, -0.2) is 8.78 Å². The third-order valence-corrected chi connectivity index (χ3v) is 3.68. The molecule has 1 N–H and O–H groups in total. The minimum atomic E-state index is -2.49. The van der Waals surface area contributed by atoms with Crippen molar-refractivity contribution in [3.8, 4) is 0 Å². The summed E-state index contributed by atoms with van der Waals surface area (Å²) < 4.78 is 26.0. The van der Waals surface area contributed by atoms with Gasteiger partial charge in [0, 0.05) is 32.5 Å². The molecule has 20 heavy (non-hydrogen) atoms. The van der Waals surface area contributed by atoms with Crippen molar-refractivity contribution >= 4 is 5.97 Å². The zero-order chi connectivity index (χ0) is 14.6. The summed E-state index contributed by atoms with van der Waals surface area (Å²) in [5.41, 5.74) is 1.88. The number of carboxylic acid groups (broad SMARTS) is 1. The molecule has 0 aliphatic carbocycles. The topological polar surface area (TPSA) is 40.5 Å². The van der Waals surface area contributed by atoms with Gasteiger partial charge in [-0.1, -0.05) is 24.3 Å². The third-order valence-electron chi connectivity index (χ3n) is 3.68. The van der Waals surface area contributed by atoms with Crippen LogP contribution in [0.4, 0.5) is 8.78 Å². The molecule has 1 fully saturated rings. The van der Waals surface area contributed by atoms with Gasteiger partial charge < -0.3 is 10.0 Å². The molecule has 3 nitrogen and oxygen atoms in total. The van der Waals surface area contributed by atoms with Crippen LogP contribution in [0, 0.1) is 0 Å². The van der Waals surface area contributed by atoms with Crippen molar-refractivity contribution in [3.05, 3.63) is 35.4 Å². The Hall–Kier alpha value is -1.49. The average molecular weight is 283 g/mol. The van der Waals surface area contributed by atoms with Crippen LogP contribution in [-0.4, -0.2) is 41.5 Å². The van der Waals surface area contributed by atoms with E-state index in [0.29, 0.717) is 13.1 Å². The first-order chi connectivity index (χ1) is 9.44. The van der Waals surface area contributed by atoms with Gasteiger partial charge in [0.2, 0.25) is 0 Å². The van der Waals surface area contributed by atoms with E-state index < -0.39 is 11.9 Å². The number of nitrogens with zero attached hydrogens (tertiary/aromatic N) is 1. The van der Waals surface area contributed by atoms with Gasteiger partial charge in [-0.3, -0.25) is 4.79 Å². The molecule has 0 bridgehead atoms. The normalized spacial score (nSPS) is 18.9. The molecule has 0 aromatic heterocycles. The van der Waals surface area contributed by atoms with Crippen LogP contribution in [0.2, 0.25) is 0 Å². The van der Waals surface area contributed by atoms with E-state index in [2.05, 4.69) is 4.90 Å². The lowest BCUT2D eigenvalue weighted by Gasteiger charge is -2.31. The molecule has 0 unspecified atom stereocenters. The smallest absolute Gasteiger partial charge is 0.307 e. The second-order valence-corrected chi connectivity index (χ2v) is 5.33. The molecule has 2 rings (SSSR count). The fourth-order valence-electron chi connectivity index (χ4n) is 2.39. The zero-order valence-corrected chi connectivity index (χ0v) is 11.3. The molecule has 1 saturated heterocycles. The summed E-state index contributed by atoms with van der Waals surface area (Å²) >= 11 is 0. The largest absolute Gasteiger partial charge is 0.481 e. The predicted molar refractivity (Wildman–Crippen MR) is 72.1 cm³/mol. The second kappa shape index (κ2) is 6.31. The number of halogens is 2. The van der Waals surface area contributed by atoms with Crippen molar-refractivity contribution in [2.45, 2.75) is 31.6 Å². The van der Waals surface area contributed by atoms with E-state index in [1.54, 1.807) is 0 Å². The molecular weight excluding hydrogens is 264 g/mol. The van der Waals surface area contributed by atoms with Crippen LogP contribution in [0.1, 0.15) is 24.0 Å². The van der Waals surface area contributed by atoms with E-state index in [0.717, 1.165) is 24.1 Å². The number of rotatable bonds is 5. The Labute approximate surface area is 117 Å². The first-order valence-electron chi connectivity index (χ1n) is 6.84. The highest BCUT2D eigenvalue weighted by molar-refractivity contribution is 5.70. The fraction of sp³-hybridized carbons (Fsp3) is 0.533. The molecule has 0 saturated carbocycles. The van der Waals surface area contributed by atoms with Gasteiger partial charge in [0.05, 0.1) is 6.42 Å². The number of carbonyl (C=O) groups is 1. The van der Waals surface area contributed by atoms with E-state index in [-0.39, 0.29) is 19.3 Å². The van der Waals surface area contributed by atoms with Crippen LogP contribution in [0.15, 0.2) is 24.3 Å². The van der Waals surface area contributed by atoms with Crippen molar-refractivity contribution in [2.24, 2.45) is 0 Å². The van der Waals surface area contributed by atoms with E-state index >= 15 is 0 Å². The summed E-state index contributed by atoms with van der Waals surface area (Å²) in [6.07, 6.45) is 0.732. The Morgan fingerprint density at radius 3 is 2.25 bits per heavy atom. The van der Waals surface area contributed by atoms with Crippen molar-refractivity contribution in [2.75, 3.05) is 19.6 Å². The Balaban J connectivity index is 1.78. The minimum Gasteiger partial charge on any atom is -0.481 e. The molecule has 1 aliphatic rings. The van der Waals surface area contributed by atoms with Gasteiger partial charge >= 0.3 is 5.97 Å². The minimum absolute atomic E-state index is 0.0293. The number of likely N-dealkylation sites (tertiary alicyclic amines) is 1. The summed E-state index contributed by atoms with van der Waals surface area (Å²) in [6.45, 7) is 1.67. The molecule has 1 aliphatic heterocycles. The van der Waals surface area contributed by atoms with Crippen LogP contribution < -0.4 is 0 Å². The number of carboxylic acids is 1. The van der Waals surface area contributed by atoms with E-state index in [4.69, 9.17) is 5.11 Å². The van der Waals surface area contributed by atoms with Crippen molar-refractivity contribution in [1.82, 2.24) is 4.90 Å². The maximum atomic E-state index is 13.0. The molecular formula is C15H19F2NO2. The highest BCUT2D eigenvalue weighted by Gasteiger charge is 2.33. The summed E-state index contributed by atoms with van der Waals surface area (Å²) in [4.78, 5) is 12.6. The molecule has 0 radical (unpaired) electrons. The monoisotopic (exact) mass is 283 g/mol. The van der Waals surface area contributed by atoms with Gasteiger partial charge in [0.1, 0.15) is 0 Å². The van der Waals surface area contributed by atoms with Crippen molar-refractivity contribution in [3.63, 3.8) is 0 Å². The Morgan fingerprint density at radius 2 is 1.70 bits per heavy atom. The lowest BCUT2D eigenvalue weighted by atomic mass is 10.0. The quantitative estimate of drug-likeness (QED) is 0.903. The highest BCUT2D eigenvalue weighted by atomic mass is 19.3. The Kier molecular flexibility index (Phi) is 4.70. The molecule has 1 heterocycles. The molecule has 1 aromatic rings. The molecule has 5 heteroatoms. The van der Waals surface area contributed by atoms with Gasteiger partial charge in [-0.05, 0) is 17.5 Å². The number of piperidine rings is 1. The van der Waals surface area contributed by atoms with E-state index in [9.17, 15) is 13.6 Å². The number of aliphatic carboxylic acids is 1. The molecule has 1 aromatic carbocycles. The van der Waals surface area contributed by atoms with Crippen LogP contribution in [0.5, 0.6) is 0 Å². The lowest BCUT2D eigenvalue weighted by molar-refractivity contribution is -0.136. The first kappa shape index (κ1) is 14.9. The SMILES string of the molecule is O=C(O)Cc1ccc(CCN2CCC(F)(F)CC2)cc1. The molecule has 110 valence electrons. The van der Waals surface area contributed by atoms with Crippen LogP contribution >= 0.6 is 0 Å². The van der Waals surface area contributed by atoms with Crippen LogP contribution in [0.3, 0.4) is 0 Å². The molecule has 0 atom stereocenters. The Bertz CT molecular complexity index is 449. The number of alkyl halides is 2. The summed E-state index contributed by atoms with van der Waals surface area (Å²) in [5.74, 6) is -3.33. The average Bonchev–Trinajstić information content (AvgIpc) is 2.38. The van der Waals surface area contributed by atoms with Gasteiger partial charge in [-0.2, -0.15) is 0 Å². The predicted octanol–water partition coefficient (Wildman–Crippen LogP) is 2.59. The third kappa shape index (κ3) is 4.56. The van der Waals surface area contributed by atoms with Gasteiger partial charge in [0.25, 0.3) is 5.92 Å². The van der Waals surface area contributed by atoms with Crippen molar-refractivity contribution < 1.29 is 18.7 Å². The summed E-state index contributed by atoms with van der Waals surface area (Å²) in [7, 11) is 0. The first-order valence-corrected chi connectivity index (χ1v) is 6.84. The number of hydrogen-bond donors (Lipinski definition) is 1. The maximum Gasteiger partial charge on any atom is 0.307 e. The molecule has 0 spiro atoms. The Morgan fingerprint density at radius 1 is 1.15 bits per heavy atom. The number of benzene rings is 1. The summed E-state index contributed by atoms with van der Waals surface area (Å²) in [5, 5.41) is 8.68. The number of hydrogen-bond acceptors (Lipinski definition) is 2. The lowest BCUT2D eigenvalue weighted by Crippen LogP contribution is -2.40. The van der Waals surface area contributed by atoms with E-state index in [1.165, 1.54) is 0 Å². The summed E-state index contributed by atoms with van der Waals surface area (Å²) in [6, 6.07) is 7.45. The van der Waals surface area contributed by atoms with Gasteiger partial charge in [-0.15, -0.1) is 0 Å². The van der Waals surface area contributed by atoms with E-state index in [1.807, 2.05) is 24.3 Å². The second-order valence-electron chi connectivity index (χ2n) is 5.33.